The van der Waals surface area contributed by atoms with E-state index in [9.17, 15) is 9.59 Å². The lowest BCUT2D eigenvalue weighted by molar-refractivity contribution is -0.140. The molecule has 0 saturated carbocycles. The molecule has 0 bridgehead atoms. The fourth-order valence-electron chi connectivity index (χ4n) is 2.73. The molecule has 0 aliphatic carbocycles. The summed E-state index contributed by atoms with van der Waals surface area (Å²) in [4.78, 5) is 24.2. The molecule has 2 rings (SSSR count). The Hall–Kier alpha value is -2.64. The van der Waals surface area contributed by atoms with E-state index in [1.807, 2.05) is 34.9 Å². The highest BCUT2D eigenvalue weighted by Gasteiger charge is 2.25. The topological polar surface area (TPSA) is 76.0 Å². The third kappa shape index (κ3) is 4.30. The van der Waals surface area contributed by atoms with E-state index in [4.69, 9.17) is 18.9 Å². The first-order valence-corrected chi connectivity index (χ1v) is 8.04. The highest BCUT2D eigenvalue weighted by Crippen LogP contribution is 2.28. The molecule has 0 N–H and O–H groups in total. The standard InChI is InChI=1S/C19H23NO6/c1-23-17(21)11-16-14(19(22)26-4)10-15(13-8-6-5-7-9-13)20(16)12-18(24-2)25-3/h5-10,18H,11-12H2,1-4H3. The third-order valence-corrected chi connectivity index (χ3v) is 4.08. The van der Waals surface area contributed by atoms with Gasteiger partial charge in [-0.15, -0.1) is 0 Å². The molecule has 7 nitrogen and oxygen atoms in total. The number of esters is 2. The Kier molecular flexibility index (Phi) is 6.94. The fourth-order valence-corrected chi connectivity index (χ4v) is 2.73. The zero-order valence-corrected chi connectivity index (χ0v) is 15.4. The number of nitrogens with zero attached hydrogens (tertiary/aromatic N) is 1. The molecule has 1 heterocycles. The number of ether oxygens (including phenoxy) is 4. The van der Waals surface area contributed by atoms with E-state index in [2.05, 4.69) is 0 Å². The van der Waals surface area contributed by atoms with Gasteiger partial charge in [0.25, 0.3) is 0 Å². The van der Waals surface area contributed by atoms with Crippen molar-refractivity contribution in [2.75, 3.05) is 28.4 Å². The number of rotatable bonds is 8. The minimum absolute atomic E-state index is 0.0755. The number of hydrogen-bond donors (Lipinski definition) is 0. The van der Waals surface area contributed by atoms with Crippen LogP contribution >= 0.6 is 0 Å². The maximum atomic E-state index is 12.3. The van der Waals surface area contributed by atoms with Crippen molar-refractivity contribution >= 4 is 11.9 Å². The molecule has 7 heteroatoms. The monoisotopic (exact) mass is 361 g/mol. The Labute approximate surface area is 152 Å². The lowest BCUT2D eigenvalue weighted by atomic mass is 10.1. The maximum Gasteiger partial charge on any atom is 0.339 e. The number of hydrogen-bond acceptors (Lipinski definition) is 6. The second-order valence-corrected chi connectivity index (χ2v) is 5.51. The normalized spacial score (nSPS) is 10.8. The van der Waals surface area contributed by atoms with Gasteiger partial charge in [0.2, 0.25) is 0 Å². The molecule has 0 saturated heterocycles. The number of methoxy groups -OCH3 is 4. The van der Waals surface area contributed by atoms with E-state index in [-0.39, 0.29) is 6.42 Å². The highest BCUT2D eigenvalue weighted by atomic mass is 16.7. The summed E-state index contributed by atoms with van der Waals surface area (Å²) < 4.78 is 22.1. The second kappa shape index (κ2) is 9.17. The van der Waals surface area contributed by atoms with Crippen molar-refractivity contribution in [3.8, 4) is 11.3 Å². The van der Waals surface area contributed by atoms with Crippen LogP contribution in [0.1, 0.15) is 16.1 Å². The first-order chi connectivity index (χ1) is 12.5. The molecule has 0 radical (unpaired) electrons. The van der Waals surface area contributed by atoms with E-state index < -0.39 is 18.2 Å². The molecule has 0 amide bonds. The minimum Gasteiger partial charge on any atom is -0.469 e. The van der Waals surface area contributed by atoms with Crippen molar-refractivity contribution in [3.63, 3.8) is 0 Å². The van der Waals surface area contributed by atoms with Gasteiger partial charge in [0.15, 0.2) is 6.29 Å². The Morgan fingerprint density at radius 2 is 1.65 bits per heavy atom. The Bertz CT molecular complexity index is 749. The number of carbonyl (C=O) groups is 2. The number of aromatic nitrogens is 1. The number of benzene rings is 1. The van der Waals surface area contributed by atoms with Crippen molar-refractivity contribution in [1.29, 1.82) is 0 Å². The van der Waals surface area contributed by atoms with Gasteiger partial charge in [0, 0.05) is 25.6 Å². The predicted octanol–water partition coefficient (Wildman–Crippen LogP) is 2.28. The van der Waals surface area contributed by atoms with Crippen LogP contribution in [0.5, 0.6) is 0 Å². The maximum absolute atomic E-state index is 12.3. The molecule has 1 aromatic carbocycles. The molecule has 0 spiro atoms. The van der Waals surface area contributed by atoms with Gasteiger partial charge in [-0.1, -0.05) is 30.3 Å². The van der Waals surface area contributed by atoms with Crippen LogP contribution in [0.3, 0.4) is 0 Å². The zero-order valence-electron chi connectivity index (χ0n) is 15.4. The van der Waals surface area contributed by atoms with Crippen LogP contribution < -0.4 is 0 Å². The average Bonchev–Trinajstić information content (AvgIpc) is 3.03. The zero-order chi connectivity index (χ0) is 19.1. The summed E-state index contributed by atoms with van der Waals surface area (Å²) in [5.41, 5.74) is 2.44. The summed E-state index contributed by atoms with van der Waals surface area (Å²) in [5.74, 6) is -0.980. The molecule has 0 unspecified atom stereocenters. The van der Waals surface area contributed by atoms with Crippen LogP contribution in [0, 0.1) is 0 Å². The quantitative estimate of drug-likeness (QED) is 0.530. The van der Waals surface area contributed by atoms with Gasteiger partial charge >= 0.3 is 11.9 Å². The molecule has 0 atom stereocenters. The van der Waals surface area contributed by atoms with Crippen molar-refractivity contribution in [1.82, 2.24) is 4.57 Å². The molecule has 26 heavy (non-hydrogen) atoms. The smallest absolute Gasteiger partial charge is 0.339 e. The molecule has 0 aliphatic rings. The Balaban J connectivity index is 2.65. The molecule has 0 fully saturated rings. The van der Waals surface area contributed by atoms with Gasteiger partial charge in [-0.3, -0.25) is 4.79 Å². The molecule has 140 valence electrons. The SMILES string of the molecule is COC(=O)Cc1c(C(=O)OC)cc(-c2ccccc2)n1CC(OC)OC. The van der Waals surface area contributed by atoms with Gasteiger partial charge in [-0.05, 0) is 11.6 Å². The van der Waals surface area contributed by atoms with Crippen LogP contribution in [0.15, 0.2) is 36.4 Å². The van der Waals surface area contributed by atoms with E-state index in [0.29, 0.717) is 17.8 Å². The fraction of sp³-hybridized carbons (Fsp3) is 0.368. The van der Waals surface area contributed by atoms with Crippen molar-refractivity contribution in [2.24, 2.45) is 0 Å². The van der Waals surface area contributed by atoms with Crippen LogP contribution in [-0.2, 0) is 36.7 Å². The molecular formula is C19H23NO6. The number of carbonyl (C=O) groups excluding carboxylic acids is 2. The van der Waals surface area contributed by atoms with Gasteiger partial charge in [0.05, 0.1) is 32.7 Å². The molecular weight excluding hydrogens is 338 g/mol. The average molecular weight is 361 g/mol. The van der Waals surface area contributed by atoms with Gasteiger partial charge in [0.1, 0.15) is 0 Å². The second-order valence-electron chi connectivity index (χ2n) is 5.51. The van der Waals surface area contributed by atoms with Gasteiger partial charge < -0.3 is 23.5 Å². The first-order valence-electron chi connectivity index (χ1n) is 8.04. The van der Waals surface area contributed by atoms with Crippen molar-refractivity contribution in [2.45, 2.75) is 19.3 Å². The van der Waals surface area contributed by atoms with E-state index in [1.165, 1.54) is 28.4 Å². The van der Waals surface area contributed by atoms with E-state index >= 15 is 0 Å². The molecule has 1 aromatic heterocycles. The largest absolute Gasteiger partial charge is 0.469 e. The van der Waals surface area contributed by atoms with Crippen LogP contribution in [0.2, 0.25) is 0 Å². The minimum atomic E-state index is -0.549. The van der Waals surface area contributed by atoms with Crippen molar-refractivity contribution in [3.05, 3.63) is 47.7 Å². The molecule has 0 aliphatic heterocycles. The van der Waals surface area contributed by atoms with E-state index in [1.54, 1.807) is 6.07 Å². The first kappa shape index (κ1) is 19.7. The summed E-state index contributed by atoms with van der Waals surface area (Å²) in [6.45, 7) is 0.292. The summed E-state index contributed by atoms with van der Waals surface area (Å²) >= 11 is 0. The van der Waals surface area contributed by atoms with Crippen molar-refractivity contribution < 1.29 is 28.5 Å². The summed E-state index contributed by atoms with van der Waals surface area (Å²) in [6.07, 6.45) is -0.625. The summed E-state index contributed by atoms with van der Waals surface area (Å²) in [5, 5.41) is 0. The Morgan fingerprint density at radius 3 is 2.19 bits per heavy atom. The Morgan fingerprint density at radius 1 is 1.00 bits per heavy atom. The highest BCUT2D eigenvalue weighted by molar-refractivity contribution is 5.94. The molecule has 2 aromatic rings. The van der Waals surface area contributed by atoms with E-state index in [0.717, 1.165) is 11.3 Å². The van der Waals surface area contributed by atoms with Crippen LogP contribution in [0.4, 0.5) is 0 Å². The third-order valence-electron chi connectivity index (χ3n) is 4.08. The van der Waals surface area contributed by atoms with Gasteiger partial charge in [-0.2, -0.15) is 0 Å². The predicted molar refractivity (Wildman–Crippen MR) is 94.7 cm³/mol. The van der Waals surface area contributed by atoms with Crippen LogP contribution in [0.25, 0.3) is 11.3 Å². The lowest BCUT2D eigenvalue weighted by Gasteiger charge is -2.19. The van der Waals surface area contributed by atoms with Crippen LogP contribution in [-0.4, -0.2) is 51.2 Å². The summed E-state index contributed by atoms with van der Waals surface area (Å²) in [7, 11) is 5.66. The van der Waals surface area contributed by atoms with Gasteiger partial charge in [-0.25, -0.2) is 4.79 Å². The summed E-state index contributed by atoms with van der Waals surface area (Å²) in [6, 6.07) is 11.2. The lowest BCUT2D eigenvalue weighted by Crippen LogP contribution is -2.24.